The Balaban J connectivity index is 0. The van der Waals surface area contributed by atoms with Crippen LogP contribution in [0.5, 0.6) is 5.75 Å². The predicted molar refractivity (Wildman–Crippen MR) is 113 cm³/mol. The van der Waals surface area contributed by atoms with Gasteiger partial charge in [-0.3, -0.25) is 4.55 Å². The molecule has 7 nitrogen and oxygen atoms in total. The van der Waals surface area contributed by atoms with Crippen LogP contribution in [-0.4, -0.2) is 25.9 Å². The molecule has 174 valence electrons. The van der Waals surface area contributed by atoms with E-state index in [0.29, 0.717) is 12.5 Å². The van der Waals surface area contributed by atoms with E-state index in [-0.39, 0.29) is 71.1 Å². The van der Waals surface area contributed by atoms with Gasteiger partial charge in [-0.25, -0.2) is 8.42 Å². The molecule has 0 aromatic heterocycles. The van der Waals surface area contributed by atoms with Crippen LogP contribution in [0.3, 0.4) is 0 Å². The van der Waals surface area contributed by atoms with Gasteiger partial charge in [0, 0.05) is 0 Å². The van der Waals surface area contributed by atoms with Gasteiger partial charge in [-0.15, -0.1) is 0 Å². The molecule has 1 N–H and O–H groups in total. The van der Waals surface area contributed by atoms with Crippen LogP contribution in [0.25, 0.3) is 0 Å². The van der Waals surface area contributed by atoms with Crippen molar-refractivity contribution >= 4 is 20.2 Å². The second-order valence-corrected chi connectivity index (χ2v) is 10.6. The summed E-state index contributed by atoms with van der Waals surface area (Å²) in [5.74, 6) is -1.02. The molecule has 0 bridgehead atoms. The molecular formula is C21H34Na2O7S2. The first-order valence-electron chi connectivity index (χ1n) is 10.8. The minimum atomic E-state index is -4.97. The number of aryl methyl sites for hydroxylation is 1. The molecule has 0 unspecified atom stereocenters. The van der Waals surface area contributed by atoms with Gasteiger partial charge >= 0.3 is 59.1 Å². The van der Waals surface area contributed by atoms with Gasteiger partial charge in [-0.1, -0.05) is 95.8 Å². The summed E-state index contributed by atoms with van der Waals surface area (Å²) < 4.78 is 65.7. The van der Waals surface area contributed by atoms with Crippen molar-refractivity contribution in [3.05, 3.63) is 17.7 Å². The molecule has 0 aliphatic rings. The zero-order chi connectivity index (χ0) is 22.6. The van der Waals surface area contributed by atoms with Crippen LogP contribution in [0.1, 0.15) is 96.0 Å². The fourth-order valence-corrected chi connectivity index (χ4v) is 4.95. The summed E-state index contributed by atoms with van der Waals surface area (Å²) in [6.45, 7) is 2.21. The Hall–Kier alpha value is 0.840. The van der Waals surface area contributed by atoms with Crippen molar-refractivity contribution in [2.45, 2.75) is 107 Å². The second-order valence-electron chi connectivity index (χ2n) is 7.83. The van der Waals surface area contributed by atoms with Gasteiger partial charge < -0.3 is 9.66 Å². The molecule has 0 heterocycles. The van der Waals surface area contributed by atoms with Crippen LogP contribution in [0, 0.1) is 0 Å². The largest absolute Gasteiger partial charge is 1.00 e. The number of unbranched alkanes of at least 4 members (excludes halogenated alkanes) is 12. The third-order valence-corrected chi connectivity index (χ3v) is 7.02. The Morgan fingerprint density at radius 1 is 0.719 bits per heavy atom. The van der Waals surface area contributed by atoms with E-state index >= 15 is 0 Å². The zero-order valence-electron chi connectivity index (χ0n) is 19.8. The van der Waals surface area contributed by atoms with Crippen LogP contribution >= 0.6 is 0 Å². The first-order chi connectivity index (χ1) is 14.1. The van der Waals surface area contributed by atoms with Gasteiger partial charge in [0.15, 0.2) is 0 Å². The van der Waals surface area contributed by atoms with Gasteiger partial charge in [-0.05, 0) is 24.5 Å². The Labute approximate surface area is 238 Å². The molecule has 0 amide bonds. The van der Waals surface area contributed by atoms with Gasteiger partial charge in [0.25, 0.3) is 10.1 Å². The van der Waals surface area contributed by atoms with Crippen LogP contribution in [0.15, 0.2) is 21.9 Å². The van der Waals surface area contributed by atoms with Crippen LogP contribution in [0.4, 0.5) is 0 Å². The van der Waals surface area contributed by atoms with Crippen LogP contribution in [-0.2, 0) is 26.7 Å². The van der Waals surface area contributed by atoms with Gasteiger partial charge in [0.05, 0.1) is 9.79 Å². The number of benzene rings is 1. The van der Waals surface area contributed by atoms with Crippen molar-refractivity contribution in [1.82, 2.24) is 0 Å². The second kappa shape index (κ2) is 18.2. The van der Waals surface area contributed by atoms with Crippen molar-refractivity contribution in [3.8, 4) is 5.75 Å². The summed E-state index contributed by atoms with van der Waals surface area (Å²) in [7, 11) is -9.86. The summed E-state index contributed by atoms with van der Waals surface area (Å²) in [4.78, 5) is -1.85. The van der Waals surface area contributed by atoms with E-state index in [1.54, 1.807) is 0 Å². The van der Waals surface area contributed by atoms with Gasteiger partial charge in [-0.2, -0.15) is 8.42 Å². The average molecular weight is 509 g/mol. The molecule has 0 saturated carbocycles. The molecule has 0 aliphatic carbocycles. The van der Waals surface area contributed by atoms with Crippen molar-refractivity contribution in [2.75, 3.05) is 0 Å². The molecule has 1 aromatic carbocycles. The Bertz CT molecular complexity index is 857. The normalized spacial score (nSPS) is 11.6. The fourth-order valence-electron chi connectivity index (χ4n) is 3.55. The average Bonchev–Trinajstić information content (AvgIpc) is 2.63. The van der Waals surface area contributed by atoms with E-state index in [9.17, 15) is 26.5 Å². The zero-order valence-corrected chi connectivity index (χ0v) is 25.4. The fraction of sp³-hybridized carbons (Fsp3) is 0.714. The monoisotopic (exact) mass is 508 g/mol. The first-order valence-corrected chi connectivity index (χ1v) is 13.7. The molecule has 11 heteroatoms. The molecule has 0 aliphatic heterocycles. The SMILES string of the molecule is CCCCCCCCCCCCCCCc1cc([O-])c(S(=O)(=O)O)cc1S(=O)(=O)[O-].[Na+].[Na+]. The third-order valence-electron chi connectivity index (χ3n) is 5.22. The Morgan fingerprint density at radius 3 is 1.50 bits per heavy atom. The smallest absolute Gasteiger partial charge is 0.872 e. The molecule has 32 heavy (non-hydrogen) atoms. The van der Waals surface area contributed by atoms with Crippen molar-refractivity contribution in [3.63, 3.8) is 0 Å². The quantitative estimate of drug-likeness (QED) is 0.164. The summed E-state index contributed by atoms with van der Waals surface area (Å²) in [5.41, 5.74) is 0.00507. The molecule has 0 saturated heterocycles. The maximum atomic E-state index is 11.9. The van der Waals surface area contributed by atoms with E-state index in [2.05, 4.69) is 6.92 Å². The minimum absolute atomic E-state index is 0. The molecule has 1 rings (SSSR count). The molecule has 0 fully saturated rings. The maximum Gasteiger partial charge on any atom is 1.00 e. The van der Waals surface area contributed by atoms with Crippen LogP contribution < -0.4 is 64.2 Å². The maximum absolute atomic E-state index is 11.9. The van der Waals surface area contributed by atoms with Gasteiger partial charge in [0.1, 0.15) is 10.1 Å². The molecule has 0 atom stereocenters. The van der Waals surface area contributed by atoms with E-state index in [1.807, 2.05) is 0 Å². The summed E-state index contributed by atoms with van der Waals surface area (Å²) in [5, 5.41) is 11.9. The molecule has 1 aromatic rings. The van der Waals surface area contributed by atoms with E-state index in [1.165, 1.54) is 51.4 Å². The molecular weight excluding hydrogens is 474 g/mol. The van der Waals surface area contributed by atoms with Crippen molar-refractivity contribution in [1.29, 1.82) is 0 Å². The number of hydrogen-bond acceptors (Lipinski definition) is 6. The standard InChI is InChI=1S/C21H36O7S2.2Na/c1-2-3-4-5-6-7-8-9-10-11-12-13-14-15-18-16-19(22)21(30(26,27)28)17-20(18)29(23,24)25;;/h16-17,22H,2-15H2,1H3,(H,23,24,25)(H,26,27,28);;/q;2*+1/p-2. The van der Waals surface area contributed by atoms with Crippen molar-refractivity contribution < 1.29 is 90.2 Å². The molecule has 0 radical (unpaired) electrons. The third kappa shape index (κ3) is 14.3. The number of hydrogen-bond donors (Lipinski definition) is 1. The van der Waals surface area contributed by atoms with Crippen LogP contribution in [0.2, 0.25) is 0 Å². The topological polar surface area (TPSA) is 135 Å². The van der Waals surface area contributed by atoms with E-state index in [4.69, 9.17) is 4.55 Å². The van der Waals surface area contributed by atoms with Crippen molar-refractivity contribution in [2.24, 2.45) is 0 Å². The summed E-state index contributed by atoms with van der Waals surface area (Å²) in [6, 6.07) is 1.30. The minimum Gasteiger partial charge on any atom is -0.872 e. The number of rotatable bonds is 16. The van der Waals surface area contributed by atoms with E-state index in [0.717, 1.165) is 31.7 Å². The predicted octanol–water partition coefficient (Wildman–Crippen LogP) is -1.45. The molecule has 0 spiro atoms. The van der Waals surface area contributed by atoms with Gasteiger partial charge in [0.2, 0.25) is 0 Å². The van der Waals surface area contributed by atoms with E-state index < -0.39 is 35.8 Å². The Kier molecular flexibility index (Phi) is 19.9. The summed E-state index contributed by atoms with van der Waals surface area (Å²) >= 11 is 0. The Morgan fingerprint density at radius 2 is 1.12 bits per heavy atom. The first kappa shape index (κ1) is 35.0. The summed E-state index contributed by atoms with van der Waals surface area (Å²) in [6.07, 6.45) is 15.1.